The molecule has 0 saturated carbocycles. The van der Waals surface area contributed by atoms with Gasteiger partial charge in [-0.2, -0.15) is 18.3 Å². The molecule has 1 aromatic rings. The highest BCUT2D eigenvalue weighted by atomic mass is 35.5. The van der Waals surface area contributed by atoms with Crippen molar-refractivity contribution in [3.05, 3.63) is 40.9 Å². The van der Waals surface area contributed by atoms with Crippen molar-refractivity contribution in [2.24, 2.45) is 5.10 Å². The number of allylic oxidation sites excluding steroid dienone is 1. The summed E-state index contributed by atoms with van der Waals surface area (Å²) in [7, 11) is 0. The van der Waals surface area contributed by atoms with Gasteiger partial charge in [-0.05, 0) is 12.1 Å². The van der Waals surface area contributed by atoms with Crippen molar-refractivity contribution in [1.82, 2.24) is 0 Å². The van der Waals surface area contributed by atoms with Crippen LogP contribution >= 0.6 is 23.2 Å². The monoisotopic (exact) mass is 282 g/mol. The molecular formula is C10H7Cl2F3N2. The minimum absolute atomic E-state index is 0.424. The minimum atomic E-state index is -4.63. The average molecular weight is 283 g/mol. The first-order valence-electron chi connectivity index (χ1n) is 4.38. The van der Waals surface area contributed by atoms with Crippen LogP contribution in [0.15, 0.2) is 46.0 Å². The average Bonchev–Trinajstić information content (AvgIpc) is 2.23. The zero-order chi connectivity index (χ0) is 12.9. The highest BCUT2D eigenvalue weighted by molar-refractivity contribution is 6.56. The molecule has 2 nitrogen and oxygen atoms in total. The van der Waals surface area contributed by atoms with Gasteiger partial charge in [-0.1, -0.05) is 41.4 Å². The number of anilines is 1. The van der Waals surface area contributed by atoms with Crippen LogP contribution in [-0.2, 0) is 0 Å². The van der Waals surface area contributed by atoms with E-state index in [-0.39, 0.29) is 0 Å². The number of nitrogens with zero attached hydrogens (tertiary/aromatic N) is 1. The zero-order valence-corrected chi connectivity index (χ0v) is 9.81. The third kappa shape index (κ3) is 5.10. The summed E-state index contributed by atoms with van der Waals surface area (Å²) in [6, 6.07) is 8.20. The molecule has 1 rings (SSSR count). The van der Waals surface area contributed by atoms with Gasteiger partial charge in [0.15, 0.2) is 5.71 Å². The van der Waals surface area contributed by atoms with Crippen LogP contribution in [0.2, 0.25) is 0 Å². The number of hydrazone groups is 1. The van der Waals surface area contributed by atoms with E-state index in [1.807, 2.05) is 0 Å². The Morgan fingerprint density at radius 1 is 1.18 bits per heavy atom. The Hall–Kier alpha value is -1.20. The van der Waals surface area contributed by atoms with E-state index in [0.29, 0.717) is 11.8 Å². The number of hydrogen-bond donors (Lipinski definition) is 1. The largest absolute Gasteiger partial charge is 0.435 e. The molecule has 0 aliphatic heterocycles. The molecule has 0 amide bonds. The SMILES string of the molecule is FC(F)(F)C(C=C(Cl)Cl)=NNc1ccccc1. The Labute approximate surface area is 106 Å². The van der Waals surface area contributed by atoms with Gasteiger partial charge in [-0.3, -0.25) is 5.43 Å². The number of rotatable bonds is 3. The van der Waals surface area contributed by atoms with Crippen LogP contribution in [0.3, 0.4) is 0 Å². The maximum Gasteiger partial charge on any atom is 0.435 e. The standard InChI is InChI=1S/C10H7Cl2F3N2/c11-9(12)6-8(10(13,14)15)17-16-7-4-2-1-3-5-7/h1-6,16H. The summed E-state index contributed by atoms with van der Waals surface area (Å²) >= 11 is 10.4. The highest BCUT2D eigenvalue weighted by Crippen LogP contribution is 2.21. The normalized spacial score (nSPS) is 12.2. The Balaban J connectivity index is 2.89. The molecule has 0 spiro atoms. The Kier molecular flexibility index (Phi) is 4.84. The van der Waals surface area contributed by atoms with E-state index < -0.39 is 16.4 Å². The minimum Gasteiger partial charge on any atom is -0.278 e. The Morgan fingerprint density at radius 3 is 2.24 bits per heavy atom. The smallest absolute Gasteiger partial charge is 0.278 e. The second kappa shape index (κ2) is 5.93. The lowest BCUT2D eigenvalue weighted by Gasteiger charge is -2.07. The molecule has 1 N–H and O–H groups in total. The van der Waals surface area contributed by atoms with Gasteiger partial charge >= 0.3 is 6.18 Å². The summed E-state index contributed by atoms with van der Waals surface area (Å²) in [6.45, 7) is 0. The first-order valence-corrected chi connectivity index (χ1v) is 5.14. The molecule has 0 saturated heterocycles. The number of nitrogens with one attached hydrogen (secondary N) is 1. The molecule has 0 aromatic heterocycles. The maximum atomic E-state index is 12.5. The molecule has 0 fully saturated rings. The number of para-hydroxylation sites is 1. The lowest BCUT2D eigenvalue weighted by Crippen LogP contribution is -2.22. The van der Waals surface area contributed by atoms with Gasteiger partial charge in [0, 0.05) is 6.08 Å². The second-order valence-electron chi connectivity index (χ2n) is 2.91. The summed E-state index contributed by atoms with van der Waals surface area (Å²) < 4.78 is 36.8. The molecule has 17 heavy (non-hydrogen) atoms. The quantitative estimate of drug-likeness (QED) is 0.647. The van der Waals surface area contributed by atoms with Gasteiger partial charge in [0.25, 0.3) is 0 Å². The topological polar surface area (TPSA) is 24.4 Å². The van der Waals surface area contributed by atoms with Crippen molar-refractivity contribution in [2.75, 3.05) is 5.43 Å². The van der Waals surface area contributed by atoms with E-state index in [1.54, 1.807) is 30.3 Å². The van der Waals surface area contributed by atoms with E-state index in [9.17, 15) is 13.2 Å². The molecule has 0 aliphatic rings. The third-order valence-corrected chi connectivity index (χ3v) is 1.83. The van der Waals surface area contributed by atoms with Crippen LogP contribution in [0.1, 0.15) is 0 Å². The van der Waals surface area contributed by atoms with Crippen molar-refractivity contribution < 1.29 is 13.2 Å². The molecule has 0 atom stereocenters. The molecule has 0 radical (unpaired) electrons. The zero-order valence-electron chi connectivity index (χ0n) is 8.30. The third-order valence-electron chi connectivity index (χ3n) is 1.62. The molecule has 0 unspecified atom stereocenters. The summed E-state index contributed by atoms with van der Waals surface area (Å²) in [4.78, 5) is 0. The molecule has 0 aliphatic carbocycles. The molecular weight excluding hydrogens is 276 g/mol. The van der Waals surface area contributed by atoms with Crippen molar-refractivity contribution >= 4 is 34.6 Å². The lowest BCUT2D eigenvalue weighted by atomic mass is 10.3. The number of benzene rings is 1. The fraction of sp³-hybridized carbons (Fsp3) is 0.100. The van der Waals surface area contributed by atoms with Crippen LogP contribution in [0.4, 0.5) is 18.9 Å². The first-order chi connectivity index (χ1) is 7.89. The molecule has 0 bridgehead atoms. The van der Waals surface area contributed by atoms with E-state index in [2.05, 4.69) is 10.5 Å². The van der Waals surface area contributed by atoms with Gasteiger partial charge < -0.3 is 0 Å². The summed E-state index contributed by atoms with van der Waals surface area (Å²) in [5.41, 5.74) is 1.48. The summed E-state index contributed by atoms with van der Waals surface area (Å²) in [6.07, 6.45) is -4.10. The van der Waals surface area contributed by atoms with E-state index in [4.69, 9.17) is 23.2 Å². The van der Waals surface area contributed by atoms with Gasteiger partial charge in [0.05, 0.1) is 5.69 Å². The van der Waals surface area contributed by atoms with E-state index >= 15 is 0 Å². The van der Waals surface area contributed by atoms with Gasteiger partial charge in [-0.25, -0.2) is 0 Å². The van der Waals surface area contributed by atoms with Crippen molar-refractivity contribution in [3.63, 3.8) is 0 Å². The molecule has 1 aromatic carbocycles. The van der Waals surface area contributed by atoms with Gasteiger partial charge in [0.2, 0.25) is 0 Å². The highest BCUT2D eigenvalue weighted by Gasteiger charge is 2.34. The summed E-state index contributed by atoms with van der Waals surface area (Å²) in [5, 5.41) is 3.20. The van der Waals surface area contributed by atoms with Gasteiger partial charge in [0.1, 0.15) is 4.49 Å². The van der Waals surface area contributed by atoms with Crippen LogP contribution < -0.4 is 5.43 Å². The summed E-state index contributed by atoms with van der Waals surface area (Å²) in [5.74, 6) is 0. The predicted molar refractivity (Wildman–Crippen MR) is 63.3 cm³/mol. The molecule has 0 heterocycles. The fourth-order valence-corrected chi connectivity index (χ4v) is 1.13. The number of alkyl halides is 3. The lowest BCUT2D eigenvalue weighted by molar-refractivity contribution is -0.0577. The van der Waals surface area contributed by atoms with Crippen LogP contribution in [-0.4, -0.2) is 11.9 Å². The van der Waals surface area contributed by atoms with Crippen molar-refractivity contribution in [3.8, 4) is 0 Å². The van der Waals surface area contributed by atoms with Crippen LogP contribution in [0.5, 0.6) is 0 Å². The van der Waals surface area contributed by atoms with Crippen LogP contribution in [0.25, 0.3) is 0 Å². The first kappa shape index (κ1) is 13.9. The number of halogens is 5. The second-order valence-corrected chi connectivity index (χ2v) is 3.91. The van der Waals surface area contributed by atoms with Gasteiger partial charge in [-0.15, -0.1) is 0 Å². The Bertz CT molecular complexity index is 423. The maximum absolute atomic E-state index is 12.5. The van der Waals surface area contributed by atoms with E-state index in [1.165, 1.54) is 0 Å². The van der Waals surface area contributed by atoms with Crippen LogP contribution in [0, 0.1) is 0 Å². The number of hydrogen-bond acceptors (Lipinski definition) is 2. The fourth-order valence-electron chi connectivity index (χ4n) is 0.918. The predicted octanol–water partition coefficient (Wildman–Crippen LogP) is 4.34. The molecule has 92 valence electrons. The van der Waals surface area contributed by atoms with Crippen molar-refractivity contribution in [2.45, 2.75) is 6.18 Å². The Morgan fingerprint density at radius 2 is 1.76 bits per heavy atom. The van der Waals surface area contributed by atoms with Crippen molar-refractivity contribution in [1.29, 1.82) is 0 Å². The van der Waals surface area contributed by atoms with E-state index in [0.717, 1.165) is 0 Å². The molecule has 7 heteroatoms.